The van der Waals surface area contributed by atoms with Gasteiger partial charge in [-0.2, -0.15) is 0 Å². The first-order chi connectivity index (χ1) is 10.3. The average Bonchev–Trinajstić information content (AvgIpc) is 2.48. The van der Waals surface area contributed by atoms with Gasteiger partial charge in [0.05, 0.1) is 0 Å². The van der Waals surface area contributed by atoms with Crippen LogP contribution in [0.4, 0.5) is 0 Å². The fraction of sp³-hybridized carbons (Fsp3) is 0.364. The van der Waals surface area contributed by atoms with Crippen LogP contribution >= 0.6 is 0 Å². The maximum absolute atomic E-state index is 4.18. The molecule has 0 fully saturated rings. The highest BCUT2D eigenvalue weighted by atomic mass is 14.3. The Labute approximate surface area is 135 Å². The van der Waals surface area contributed by atoms with Gasteiger partial charge in [0.2, 0.25) is 0 Å². The van der Waals surface area contributed by atoms with Crippen molar-refractivity contribution in [1.82, 2.24) is 0 Å². The molecule has 116 valence electrons. The van der Waals surface area contributed by atoms with Crippen LogP contribution in [0, 0.1) is 12.8 Å². The van der Waals surface area contributed by atoms with Crippen LogP contribution < -0.4 is 0 Å². The number of allylic oxidation sites excluding steroid dienone is 1. The molecule has 0 aromatic heterocycles. The minimum Gasteiger partial charge on any atom is -0.0993 e. The molecule has 0 aliphatic rings. The van der Waals surface area contributed by atoms with Crippen molar-refractivity contribution in [3.05, 3.63) is 82.9 Å². The standard InChI is InChI=1S/C22H28/c1-16(2)18(4)15-19-9-13-21(14-10-19)22(5,6)20-11-7-17(3)8-12-20/h7-14,16H,4,15H2,1-3,5-6H3. The zero-order chi connectivity index (χ0) is 16.3. The minimum absolute atomic E-state index is 0.0291. The van der Waals surface area contributed by atoms with Crippen LogP contribution in [0.1, 0.15) is 49.9 Å². The molecule has 0 atom stereocenters. The van der Waals surface area contributed by atoms with Crippen molar-refractivity contribution in [3.63, 3.8) is 0 Å². The van der Waals surface area contributed by atoms with E-state index in [9.17, 15) is 0 Å². The van der Waals surface area contributed by atoms with E-state index in [0.29, 0.717) is 5.92 Å². The molecule has 2 rings (SSSR count). The molecule has 0 spiro atoms. The van der Waals surface area contributed by atoms with E-state index in [2.05, 4.69) is 89.7 Å². The zero-order valence-electron chi connectivity index (χ0n) is 14.6. The Morgan fingerprint density at radius 1 is 0.909 bits per heavy atom. The predicted octanol–water partition coefficient (Wildman–Crippen LogP) is 6.08. The van der Waals surface area contributed by atoms with Gasteiger partial charge in [0.15, 0.2) is 0 Å². The summed E-state index contributed by atoms with van der Waals surface area (Å²) in [5.41, 5.74) is 6.70. The summed E-state index contributed by atoms with van der Waals surface area (Å²) >= 11 is 0. The van der Waals surface area contributed by atoms with Gasteiger partial charge < -0.3 is 0 Å². The van der Waals surface area contributed by atoms with Gasteiger partial charge in [-0.15, -0.1) is 0 Å². The molecule has 2 aromatic carbocycles. The molecule has 0 bridgehead atoms. The van der Waals surface area contributed by atoms with Gasteiger partial charge in [-0.3, -0.25) is 0 Å². The maximum atomic E-state index is 4.18. The van der Waals surface area contributed by atoms with Gasteiger partial charge in [0, 0.05) is 5.41 Å². The maximum Gasteiger partial charge on any atom is 0.0146 e. The molecule has 0 saturated heterocycles. The fourth-order valence-corrected chi connectivity index (χ4v) is 2.64. The first-order valence-electron chi connectivity index (χ1n) is 8.15. The van der Waals surface area contributed by atoms with E-state index >= 15 is 0 Å². The SMILES string of the molecule is C=C(Cc1ccc(C(C)(C)c2ccc(C)cc2)cc1)C(C)C. The van der Waals surface area contributed by atoms with E-state index < -0.39 is 0 Å². The molecule has 0 heteroatoms. The van der Waals surface area contributed by atoms with Crippen LogP contribution in [0.3, 0.4) is 0 Å². The lowest BCUT2D eigenvalue weighted by Crippen LogP contribution is -2.18. The second-order valence-electron chi connectivity index (χ2n) is 7.18. The molecule has 0 saturated carbocycles. The largest absolute Gasteiger partial charge is 0.0993 e. The molecule has 0 heterocycles. The number of rotatable bonds is 5. The van der Waals surface area contributed by atoms with Crippen LogP contribution in [0.25, 0.3) is 0 Å². The summed E-state index contributed by atoms with van der Waals surface area (Å²) in [6.07, 6.45) is 0.975. The Morgan fingerprint density at radius 3 is 1.82 bits per heavy atom. The third-order valence-corrected chi connectivity index (χ3v) is 4.70. The van der Waals surface area contributed by atoms with Gasteiger partial charge >= 0.3 is 0 Å². The van der Waals surface area contributed by atoms with Crippen molar-refractivity contribution in [2.75, 3.05) is 0 Å². The van der Waals surface area contributed by atoms with Crippen LogP contribution in [0.2, 0.25) is 0 Å². The van der Waals surface area contributed by atoms with Gasteiger partial charge in [-0.1, -0.05) is 93.9 Å². The summed E-state index contributed by atoms with van der Waals surface area (Å²) in [6.45, 7) is 15.3. The molecule has 0 nitrogen and oxygen atoms in total. The van der Waals surface area contributed by atoms with Crippen molar-refractivity contribution < 1.29 is 0 Å². The highest BCUT2D eigenvalue weighted by Crippen LogP contribution is 2.32. The lowest BCUT2D eigenvalue weighted by atomic mass is 9.77. The molecule has 0 N–H and O–H groups in total. The van der Waals surface area contributed by atoms with E-state index in [1.165, 1.54) is 27.8 Å². The Kier molecular flexibility index (Phi) is 4.90. The number of hydrogen-bond acceptors (Lipinski definition) is 0. The van der Waals surface area contributed by atoms with Crippen molar-refractivity contribution in [1.29, 1.82) is 0 Å². The Hall–Kier alpha value is -1.82. The summed E-state index contributed by atoms with van der Waals surface area (Å²) in [7, 11) is 0. The molecule has 0 amide bonds. The number of benzene rings is 2. The van der Waals surface area contributed by atoms with Crippen molar-refractivity contribution in [3.8, 4) is 0 Å². The minimum atomic E-state index is 0.0291. The Morgan fingerprint density at radius 2 is 1.36 bits per heavy atom. The molecule has 0 radical (unpaired) electrons. The monoisotopic (exact) mass is 292 g/mol. The van der Waals surface area contributed by atoms with Gasteiger partial charge in [-0.05, 0) is 36.0 Å². The van der Waals surface area contributed by atoms with E-state index in [-0.39, 0.29) is 5.41 Å². The number of aryl methyl sites for hydroxylation is 1. The first kappa shape index (κ1) is 16.5. The fourth-order valence-electron chi connectivity index (χ4n) is 2.64. The predicted molar refractivity (Wildman–Crippen MR) is 97.4 cm³/mol. The zero-order valence-corrected chi connectivity index (χ0v) is 14.6. The van der Waals surface area contributed by atoms with Crippen molar-refractivity contribution in [2.24, 2.45) is 5.92 Å². The van der Waals surface area contributed by atoms with Crippen LogP contribution in [0.5, 0.6) is 0 Å². The highest BCUT2D eigenvalue weighted by Gasteiger charge is 2.22. The molecule has 2 aromatic rings. The third kappa shape index (κ3) is 3.68. The molecule has 0 aliphatic heterocycles. The van der Waals surface area contributed by atoms with Crippen LogP contribution in [-0.2, 0) is 11.8 Å². The van der Waals surface area contributed by atoms with E-state index in [1.54, 1.807) is 0 Å². The lowest BCUT2D eigenvalue weighted by molar-refractivity contribution is 0.640. The molecule has 0 aliphatic carbocycles. The molecular formula is C22H28. The van der Waals surface area contributed by atoms with Crippen LogP contribution in [0.15, 0.2) is 60.7 Å². The third-order valence-electron chi connectivity index (χ3n) is 4.70. The average molecular weight is 292 g/mol. The van der Waals surface area contributed by atoms with Gasteiger partial charge in [0.25, 0.3) is 0 Å². The van der Waals surface area contributed by atoms with Crippen molar-refractivity contribution >= 4 is 0 Å². The summed E-state index contributed by atoms with van der Waals surface area (Å²) < 4.78 is 0. The lowest BCUT2D eigenvalue weighted by Gasteiger charge is -2.26. The summed E-state index contributed by atoms with van der Waals surface area (Å²) in [4.78, 5) is 0. The van der Waals surface area contributed by atoms with Crippen molar-refractivity contribution in [2.45, 2.75) is 46.5 Å². The normalized spacial score (nSPS) is 11.7. The van der Waals surface area contributed by atoms with Gasteiger partial charge in [-0.25, -0.2) is 0 Å². The summed E-state index contributed by atoms with van der Waals surface area (Å²) in [6, 6.07) is 17.9. The second kappa shape index (κ2) is 6.52. The molecular weight excluding hydrogens is 264 g/mol. The van der Waals surface area contributed by atoms with Gasteiger partial charge in [0.1, 0.15) is 0 Å². The summed E-state index contributed by atoms with van der Waals surface area (Å²) in [5, 5.41) is 0. The quantitative estimate of drug-likeness (QED) is 0.586. The molecule has 22 heavy (non-hydrogen) atoms. The Balaban J connectivity index is 2.22. The van der Waals surface area contributed by atoms with Crippen LogP contribution in [-0.4, -0.2) is 0 Å². The summed E-state index contributed by atoms with van der Waals surface area (Å²) in [5.74, 6) is 0.545. The topological polar surface area (TPSA) is 0 Å². The highest BCUT2D eigenvalue weighted by molar-refractivity contribution is 5.40. The smallest absolute Gasteiger partial charge is 0.0146 e. The van der Waals surface area contributed by atoms with E-state index in [4.69, 9.17) is 0 Å². The Bertz CT molecular complexity index is 625. The first-order valence-corrected chi connectivity index (χ1v) is 8.15. The molecule has 0 unspecified atom stereocenters. The van der Waals surface area contributed by atoms with E-state index in [0.717, 1.165) is 6.42 Å². The van der Waals surface area contributed by atoms with E-state index in [1.807, 2.05) is 0 Å². The number of hydrogen-bond donors (Lipinski definition) is 0. The second-order valence-corrected chi connectivity index (χ2v) is 7.18.